The van der Waals surface area contributed by atoms with E-state index in [1.807, 2.05) is 0 Å². The molecule has 1 unspecified atom stereocenters. The van der Waals surface area contributed by atoms with E-state index in [1.165, 1.54) is 93.9 Å². The molecule has 0 amide bonds. The van der Waals surface area contributed by atoms with Gasteiger partial charge in [0.05, 0.1) is 10.9 Å². The van der Waals surface area contributed by atoms with Gasteiger partial charge in [-0.05, 0) is 162 Å². The van der Waals surface area contributed by atoms with Crippen LogP contribution in [-0.2, 0) is 5.41 Å². The summed E-state index contributed by atoms with van der Waals surface area (Å²) in [6, 6.07) is 39.1. The molecule has 2 heterocycles. The van der Waals surface area contributed by atoms with Crippen molar-refractivity contribution in [1.29, 1.82) is 0 Å². The maximum atomic E-state index is 5.24. The molecule has 5 aromatic carbocycles. The minimum atomic E-state index is -0.495. The molecule has 7 aromatic rings. The number of allylic oxidation sites excluding steroid dienone is 12. The standard InChI is InChI=1S/C61H52N4/c1-5-6-8-19-38(2)58-62-59(41-20-9-7-10-21-41)64-60(63-58)43-31-33-48-46-23-12-16-27-52(46)61(54(48)37-43)51-26-15-11-22-45(51)47-32-30-42(36-53(47)61)57-39(3)34-44(35-40(57)4)65-55-28-17-13-24-49(55)50-25-14-18-29-56(50)65/h6,8-9,11-13,15-17,19-29,31,33-37H,5,7,10,14,18,30,32H2,1-4H3/b8-6-,38-19+. The van der Waals surface area contributed by atoms with Crippen LogP contribution in [0.3, 0.4) is 0 Å². The van der Waals surface area contributed by atoms with Gasteiger partial charge in [0.25, 0.3) is 0 Å². The Kier molecular flexibility index (Phi) is 9.41. The Morgan fingerprint density at radius 1 is 0.708 bits per heavy atom. The van der Waals surface area contributed by atoms with Gasteiger partial charge in [-0.2, -0.15) is 0 Å². The van der Waals surface area contributed by atoms with E-state index < -0.39 is 5.41 Å². The normalized spacial score (nSPS) is 18.2. The van der Waals surface area contributed by atoms with Crippen LogP contribution in [-0.4, -0.2) is 19.5 Å². The highest BCUT2D eigenvalue weighted by Crippen LogP contribution is 2.64. The molecule has 0 saturated heterocycles. The highest BCUT2D eigenvalue weighted by Gasteiger charge is 2.53. The Bertz CT molecular complexity index is 3480. The van der Waals surface area contributed by atoms with E-state index in [2.05, 4.69) is 190 Å². The van der Waals surface area contributed by atoms with Crippen LogP contribution in [0.2, 0.25) is 0 Å². The Morgan fingerprint density at radius 2 is 1.43 bits per heavy atom. The molecule has 1 spiro atoms. The third kappa shape index (κ3) is 6.07. The van der Waals surface area contributed by atoms with Crippen molar-refractivity contribution >= 4 is 45.3 Å². The van der Waals surface area contributed by atoms with Gasteiger partial charge >= 0.3 is 0 Å². The smallest absolute Gasteiger partial charge is 0.164 e. The Labute approximate surface area is 381 Å². The maximum absolute atomic E-state index is 5.24. The predicted octanol–water partition coefficient (Wildman–Crippen LogP) is 13.5. The first-order valence-electron chi connectivity index (χ1n) is 23.6. The first-order chi connectivity index (χ1) is 31.9. The number of nitrogens with zero attached hydrogens (tertiary/aromatic N) is 4. The molecule has 12 rings (SSSR count). The van der Waals surface area contributed by atoms with Crippen molar-refractivity contribution in [3.05, 3.63) is 212 Å². The summed E-state index contributed by atoms with van der Waals surface area (Å²) in [4.78, 5) is 15.5. The summed E-state index contributed by atoms with van der Waals surface area (Å²) < 4.78 is 2.49. The molecule has 1 atom stereocenters. The lowest BCUT2D eigenvalue weighted by Gasteiger charge is -2.33. The molecule has 4 nitrogen and oxygen atoms in total. The maximum Gasteiger partial charge on any atom is 0.164 e. The molecule has 65 heavy (non-hydrogen) atoms. The van der Waals surface area contributed by atoms with Crippen molar-refractivity contribution < 1.29 is 0 Å². The number of hydrogen-bond donors (Lipinski definition) is 0. The predicted molar refractivity (Wildman–Crippen MR) is 271 cm³/mol. The molecule has 5 aliphatic rings. The first-order valence-corrected chi connectivity index (χ1v) is 23.6. The van der Waals surface area contributed by atoms with E-state index in [0.717, 1.165) is 67.5 Å². The van der Waals surface area contributed by atoms with Crippen molar-refractivity contribution in [3.63, 3.8) is 0 Å². The molecule has 0 fully saturated rings. The molecule has 0 N–H and O–H groups in total. The van der Waals surface area contributed by atoms with E-state index in [9.17, 15) is 0 Å². The molecular formula is C61H52N4. The third-order valence-electron chi connectivity index (χ3n) is 14.5. The van der Waals surface area contributed by atoms with Gasteiger partial charge in [-0.3, -0.25) is 0 Å². The van der Waals surface area contributed by atoms with Crippen LogP contribution < -0.4 is 10.6 Å². The zero-order valence-electron chi connectivity index (χ0n) is 37.7. The molecule has 4 heteroatoms. The van der Waals surface area contributed by atoms with Crippen LogP contribution in [0, 0.1) is 13.8 Å². The summed E-state index contributed by atoms with van der Waals surface area (Å²) in [7, 11) is 0. The average Bonchev–Trinajstić information content (AvgIpc) is 3.95. The number of hydrogen-bond acceptors (Lipinski definition) is 3. The van der Waals surface area contributed by atoms with Gasteiger partial charge in [0.15, 0.2) is 17.5 Å². The summed E-state index contributed by atoms with van der Waals surface area (Å²) in [5.41, 5.74) is 21.3. The Morgan fingerprint density at radius 3 is 2.25 bits per heavy atom. The number of fused-ring (bicyclic) bond motifs is 12. The summed E-state index contributed by atoms with van der Waals surface area (Å²) in [6.45, 7) is 8.90. The monoisotopic (exact) mass is 840 g/mol. The molecular weight excluding hydrogens is 789 g/mol. The molecule has 5 aliphatic carbocycles. The number of aromatic nitrogens is 4. The second-order valence-corrected chi connectivity index (χ2v) is 18.4. The van der Waals surface area contributed by atoms with Gasteiger partial charge in [-0.1, -0.05) is 140 Å². The fraction of sp³-hybridized carbons (Fsp3) is 0.197. The lowest BCUT2D eigenvalue weighted by Crippen LogP contribution is -2.30. The second-order valence-electron chi connectivity index (χ2n) is 18.4. The van der Waals surface area contributed by atoms with Crippen LogP contribution >= 0.6 is 0 Å². The molecule has 0 radical (unpaired) electrons. The van der Waals surface area contributed by atoms with Gasteiger partial charge in [-0.15, -0.1) is 0 Å². The summed E-state index contributed by atoms with van der Waals surface area (Å²) in [6.07, 6.45) is 27.6. The minimum absolute atomic E-state index is 0.495. The van der Waals surface area contributed by atoms with Gasteiger partial charge in [0.2, 0.25) is 0 Å². The molecule has 0 bridgehead atoms. The highest BCUT2D eigenvalue weighted by atomic mass is 15.0. The third-order valence-corrected chi connectivity index (χ3v) is 14.5. The SMILES string of the molecule is CC/C=C\C=C(/C)c1nc(C2=CCCC=C2)nc(-c2ccc3c(c2)C2(C4=C(CCC(c5c(C)cc(-n6c7c(c8ccccc86)=CCCC=7)cc5C)=C4)c4ccccc42)c2ccccc2-3)n1. The lowest BCUT2D eigenvalue weighted by molar-refractivity contribution is 0.781. The van der Waals surface area contributed by atoms with Gasteiger partial charge in [0.1, 0.15) is 0 Å². The van der Waals surface area contributed by atoms with E-state index in [1.54, 1.807) is 0 Å². The van der Waals surface area contributed by atoms with Gasteiger partial charge < -0.3 is 4.57 Å². The zero-order valence-corrected chi connectivity index (χ0v) is 37.7. The summed E-state index contributed by atoms with van der Waals surface area (Å²) in [5.74, 6) is 2.13. The number of benzene rings is 5. The van der Waals surface area contributed by atoms with Gasteiger partial charge in [0, 0.05) is 32.8 Å². The molecule has 2 aromatic heterocycles. The molecule has 0 saturated carbocycles. The van der Waals surface area contributed by atoms with E-state index in [-0.39, 0.29) is 0 Å². The Hall–Kier alpha value is -7.17. The first kappa shape index (κ1) is 39.4. The van der Waals surface area contributed by atoms with Crippen LogP contribution in [0.4, 0.5) is 0 Å². The van der Waals surface area contributed by atoms with E-state index in [4.69, 9.17) is 15.0 Å². The minimum Gasteiger partial charge on any atom is -0.310 e. The van der Waals surface area contributed by atoms with E-state index >= 15 is 0 Å². The van der Waals surface area contributed by atoms with Crippen LogP contribution in [0.15, 0.2) is 151 Å². The fourth-order valence-corrected chi connectivity index (χ4v) is 11.8. The van der Waals surface area contributed by atoms with Crippen LogP contribution in [0.5, 0.6) is 0 Å². The number of rotatable bonds is 7. The quantitative estimate of drug-likeness (QED) is 0.150. The van der Waals surface area contributed by atoms with Crippen molar-refractivity contribution in [1.82, 2.24) is 19.5 Å². The Balaban J connectivity index is 1.04. The zero-order chi connectivity index (χ0) is 43.8. The fourth-order valence-electron chi connectivity index (χ4n) is 11.8. The lowest BCUT2D eigenvalue weighted by atomic mass is 9.68. The van der Waals surface area contributed by atoms with Crippen LogP contribution in [0.1, 0.15) is 109 Å². The molecule has 316 valence electrons. The van der Waals surface area contributed by atoms with Crippen molar-refractivity contribution in [2.45, 2.75) is 78.1 Å². The average molecular weight is 841 g/mol. The second kappa shape index (κ2) is 15.5. The topological polar surface area (TPSA) is 43.6 Å². The number of para-hydroxylation sites is 1. The van der Waals surface area contributed by atoms with Crippen LogP contribution in [0.25, 0.3) is 73.5 Å². The summed E-state index contributed by atoms with van der Waals surface area (Å²) >= 11 is 0. The highest BCUT2D eigenvalue weighted by molar-refractivity contribution is 5.99. The molecule has 0 aliphatic heterocycles. The number of aryl methyl sites for hydroxylation is 2. The van der Waals surface area contributed by atoms with Crippen molar-refractivity contribution in [2.75, 3.05) is 0 Å². The summed E-state index contributed by atoms with van der Waals surface area (Å²) in [5, 5.41) is 4.03. The van der Waals surface area contributed by atoms with E-state index in [0.29, 0.717) is 11.6 Å². The van der Waals surface area contributed by atoms with Gasteiger partial charge in [-0.25, -0.2) is 15.0 Å². The van der Waals surface area contributed by atoms with Crippen molar-refractivity contribution in [3.8, 4) is 28.2 Å². The van der Waals surface area contributed by atoms with Crippen molar-refractivity contribution in [2.24, 2.45) is 0 Å². The largest absolute Gasteiger partial charge is 0.310 e.